The van der Waals surface area contributed by atoms with E-state index in [0.717, 1.165) is 29.6 Å². The maximum Gasteiger partial charge on any atom is 0.304 e. The van der Waals surface area contributed by atoms with Gasteiger partial charge in [-0.3, -0.25) is 10.1 Å². The largest absolute Gasteiger partial charge is 0.619 e. The van der Waals surface area contributed by atoms with E-state index in [2.05, 4.69) is 11.2 Å². The quantitative estimate of drug-likeness (QED) is 0.302. The van der Waals surface area contributed by atoms with Crippen LogP contribution in [-0.2, 0) is 6.54 Å². The topological polar surface area (TPSA) is 82.1 Å². The molecule has 1 aromatic carbocycles. The fourth-order valence-corrected chi connectivity index (χ4v) is 1.68. The molecule has 0 aliphatic carbocycles. The van der Waals surface area contributed by atoms with Crippen LogP contribution in [0.3, 0.4) is 0 Å². The minimum Gasteiger partial charge on any atom is -0.619 e. The van der Waals surface area contributed by atoms with Gasteiger partial charge in [-0.05, 0) is 17.7 Å². The van der Waals surface area contributed by atoms with E-state index in [9.17, 15) is 15.3 Å². The normalized spacial score (nSPS) is 9.75. The third kappa shape index (κ3) is 3.03. The number of terminal acetylenes is 1. The molecule has 0 aliphatic rings. The van der Waals surface area contributed by atoms with Gasteiger partial charge >= 0.3 is 5.69 Å². The SMILES string of the molecule is C#Cc1ccc(CNc2c[n+]([O-])ccc2[N+](=O)[O-])cc1. The first-order valence-corrected chi connectivity index (χ1v) is 5.77. The average molecular weight is 269 g/mol. The fourth-order valence-electron chi connectivity index (χ4n) is 1.68. The predicted molar refractivity (Wildman–Crippen MR) is 73.8 cm³/mol. The van der Waals surface area contributed by atoms with Crippen molar-refractivity contribution in [2.24, 2.45) is 0 Å². The molecule has 6 heteroatoms. The maximum absolute atomic E-state index is 11.2. The lowest BCUT2D eigenvalue weighted by Crippen LogP contribution is -2.25. The Bertz CT molecular complexity index is 675. The van der Waals surface area contributed by atoms with Crippen LogP contribution >= 0.6 is 0 Å². The molecule has 0 saturated carbocycles. The molecule has 0 unspecified atom stereocenters. The number of rotatable bonds is 4. The van der Waals surface area contributed by atoms with Gasteiger partial charge in [-0.25, -0.2) is 0 Å². The van der Waals surface area contributed by atoms with E-state index in [0.29, 0.717) is 11.3 Å². The highest BCUT2D eigenvalue weighted by Gasteiger charge is 2.16. The average Bonchev–Trinajstić information content (AvgIpc) is 2.45. The van der Waals surface area contributed by atoms with Crippen LogP contribution in [-0.4, -0.2) is 4.92 Å². The summed E-state index contributed by atoms with van der Waals surface area (Å²) in [4.78, 5) is 10.3. The third-order valence-electron chi connectivity index (χ3n) is 2.71. The summed E-state index contributed by atoms with van der Waals surface area (Å²) in [6.45, 7) is 0.357. The van der Waals surface area contributed by atoms with Crippen molar-refractivity contribution in [1.82, 2.24) is 0 Å². The minimum atomic E-state index is -0.538. The molecular weight excluding hydrogens is 258 g/mol. The van der Waals surface area contributed by atoms with Gasteiger partial charge < -0.3 is 10.5 Å². The zero-order valence-electron chi connectivity index (χ0n) is 10.4. The second-order valence-electron chi connectivity index (χ2n) is 4.06. The summed E-state index contributed by atoms with van der Waals surface area (Å²) >= 11 is 0. The highest BCUT2D eigenvalue weighted by atomic mass is 16.6. The number of hydrogen-bond acceptors (Lipinski definition) is 4. The molecule has 2 aromatic rings. The first-order valence-electron chi connectivity index (χ1n) is 5.77. The monoisotopic (exact) mass is 269 g/mol. The van der Waals surface area contributed by atoms with Gasteiger partial charge in [0, 0.05) is 12.1 Å². The molecule has 0 spiro atoms. The second-order valence-corrected chi connectivity index (χ2v) is 4.06. The Balaban J connectivity index is 2.15. The van der Waals surface area contributed by atoms with Gasteiger partial charge in [0.2, 0.25) is 6.20 Å². The van der Waals surface area contributed by atoms with Crippen molar-refractivity contribution in [2.45, 2.75) is 6.54 Å². The zero-order valence-corrected chi connectivity index (χ0v) is 10.4. The molecule has 0 amide bonds. The standard InChI is InChI=1S/C14H11N3O3/c1-2-11-3-5-12(6-4-11)9-15-13-10-16(18)8-7-14(13)17(19)20/h1,3-8,10,15H,9H2. The molecule has 0 aliphatic heterocycles. The summed E-state index contributed by atoms with van der Waals surface area (Å²) in [6, 6.07) is 8.37. The molecule has 0 atom stereocenters. The molecule has 0 bridgehead atoms. The molecule has 2 rings (SSSR count). The summed E-state index contributed by atoms with van der Waals surface area (Å²) in [6.07, 6.45) is 7.48. The molecule has 0 fully saturated rings. The van der Waals surface area contributed by atoms with Gasteiger partial charge in [-0.1, -0.05) is 18.1 Å². The predicted octanol–water partition coefficient (Wildman–Crippen LogP) is 1.82. The van der Waals surface area contributed by atoms with Crippen molar-refractivity contribution in [3.05, 3.63) is 69.2 Å². The molecule has 1 N–H and O–H groups in total. The first-order chi connectivity index (χ1) is 9.60. The summed E-state index contributed by atoms with van der Waals surface area (Å²) in [5.41, 5.74) is 1.70. The maximum atomic E-state index is 11.2. The number of pyridine rings is 1. The van der Waals surface area contributed by atoms with E-state index in [4.69, 9.17) is 6.42 Å². The Hall–Kier alpha value is -3.07. The van der Waals surface area contributed by atoms with Crippen LogP contribution in [0, 0.1) is 27.7 Å². The Kier molecular flexibility index (Phi) is 3.82. The van der Waals surface area contributed by atoms with Crippen molar-refractivity contribution in [2.75, 3.05) is 5.32 Å². The fraction of sp³-hybridized carbons (Fsp3) is 0.0714. The zero-order chi connectivity index (χ0) is 14.5. The van der Waals surface area contributed by atoms with E-state index in [1.54, 1.807) is 12.1 Å². The van der Waals surface area contributed by atoms with E-state index in [1.165, 1.54) is 0 Å². The number of nitro groups is 1. The van der Waals surface area contributed by atoms with Crippen LogP contribution < -0.4 is 10.0 Å². The number of benzene rings is 1. The van der Waals surface area contributed by atoms with Gasteiger partial charge in [-0.15, -0.1) is 6.42 Å². The van der Waals surface area contributed by atoms with Crippen LogP contribution in [0.15, 0.2) is 42.7 Å². The van der Waals surface area contributed by atoms with Gasteiger partial charge in [0.25, 0.3) is 0 Å². The van der Waals surface area contributed by atoms with Crippen molar-refractivity contribution < 1.29 is 9.65 Å². The number of aromatic nitrogens is 1. The van der Waals surface area contributed by atoms with Crippen LogP contribution in [0.1, 0.15) is 11.1 Å². The Morgan fingerprint density at radius 2 is 2.00 bits per heavy atom. The molecule has 6 nitrogen and oxygen atoms in total. The Labute approximate surface area is 115 Å². The third-order valence-corrected chi connectivity index (χ3v) is 2.71. The van der Waals surface area contributed by atoms with Crippen molar-refractivity contribution in [1.29, 1.82) is 0 Å². The number of nitrogens with zero attached hydrogens (tertiary/aromatic N) is 2. The summed E-state index contributed by atoms with van der Waals surface area (Å²) < 4.78 is 0.511. The smallest absolute Gasteiger partial charge is 0.304 e. The molecule has 100 valence electrons. The minimum absolute atomic E-state index is 0.141. The molecular formula is C14H11N3O3. The van der Waals surface area contributed by atoms with Crippen LogP contribution in [0.25, 0.3) is 0 Å². The lowest BCUT2D eigenvalue weighted by atomic mass is 10.1. The second kappa shape index (κ2) is 5.71. The Morgan fingerprint density at radius 1 is 1.30 bits per heavy atom. The van der Waals surface area contributed by atoms with E-state index < -0.39 is 4.92 Å². The summed E-state index contributed by atoms with van der Waals surface area (Å²) in [5, 5.41) is 24.9. The highest BCUT2D eigenvalue weighted by Crippen LogP contribution is 2.21. The van der Waals surface area contributed by atoms with Gasteiger partial charge in [0.15, 0.2) is 11.9 Å². The summed E-state index contributed by atoms with van der Waals surface area (Å²) in [5.74, 6) is 2.51. The molecule has 1 heterocycles. The van der Waals surface area contributed by atoms with Gasteiger partial charge in [-0.2, -0.15) is 4.73 Å². The van der Waals surface area contributed by atoms with E-state index in [1.807, 2.05) is 12.1 Å². The van der Waals surface area contributed by atoms with Crippen molar-refractivity contribution in [3.63, 3.8) is 0 Å². The first kappa shape index (κ1) is 13.4. The van der Waals surface area contributed by atoms with Crippen molar-refractivity contribution >= 4 is 11.4 Å². The van der Waals surface area contributed by atoms with Crippen LogP contribution in [0.4, 0.5) is 11.4 Å². The Morgan fingerprint density at radius 3 is 2.60 bits per heavy atom. The van der Waals surface area contributed by atoms with E-state index >= 15 is 0 Å². The van der Waals surface area contributed by atoms with Gasteiger partial charge in [0.05, 0.1) is 11.0 Å². The molecule has 1 aromatic heterocycles. The number of anilines is 1. The summed E-state index contributed by atoms with van der Waals surface area (Å²) in [7, 11) is 0. The molecule has 0 radical (unpaired) electrons. The van der Waals surface area contributed by atoms with E-state index in [-0.39, 0.29) is 11.4 Å². The number of hydrogen-bond donors (Lipinski definition) is 1. The van der Waals surface area contributed by atoms with Crippen LogP contribution in [0.2, 0.25) is 0 Å². The lowest BCUT2D eigenvalue weighted by Gasteiger charge is -2.07. The van der Waals surface area contributed by atoms with Gasteiger partial charge in [0.1, 0.15) is 0 Å². The highest BCUT2D eigenvalue weighted by molar-refractivity contribution is 5.58. The van der Waals surface area contributed by atoms with Crippen LogP contribution in [0.5, 0.6) is 0 Å². The van der Waals surface area contributed by atoms with Crippen molar-refractivity contribution in [3.8, 4) is 12.3 Å². The number of nitrogens with one attached hydrogen (secondary N) is 1. The lowest BCUT2D eigenvalue weighted by molar-refractivity contribution is -0.605. The molecule has 0 saturated heterocycles. The molecule has 20 heavy (non-hydrogen) atoms.